The molecule has 0 amide bonds. The minimum Gasteiger partial charge on any atom is -0.478 e. The van der Waals surface area contributed by atoms with Crippen molar-refractivity contribution in [3.63, 3.8) is 0 Å². The molecule has 0 saturated heterocycles. The maximum absolute atomic E-state index is 10.3. The smallest absolute Gasteiger partial charge is 0.328 e. The summed E-state index contributed by atoms with van der Waals surface area (Å²) >= 11 is 0. The Morgan fingerprint density at radius 2 is 2.38 bits per heavy atom. The third-order valence-electron chi connectivity index (χ3n) is 1.87. The number of hydrogen-bond donors (Lipinski definition) is 2. The Hall–Kier alpha value is -1.69. The van der Waals surface area contributed by atoms with E-state index in [-0.39, 0.29) is 0 Å². The first-order valence-corrected chi connectivity index (χ1v) is 4.98. The molecule has 88 valence electrons. The molecule has 0 unspecified atom stereocenters. The number of aromatic nitrogens is 2. The fourth-order valence-corrected chi connectivity index (χ4v) is 1.19. The van der Waals surface area contributed by atoms with E-state index in [1.165, 1.54) is 6.08 Å². The number of carboxylic acid groups (broad SMARTS) is 1. The zero-order valence-electron chi connectivity index (χ0n) is 9.36. The Balaban J connectivity index is 2.19. The third kappa shape index (κ3) is 4.70. The molecule has 1 heterocycles. The van der Waals surface area contributed by atoms with Crippen LogP contribution in [0.1, 0.15) is 18.6 Å². The van der Waals surface area contributed by atoms with Gasteiger partial charge in [-0.3, -0.25) is 0 Å². The van der Waals surface area contributed by atoms with Gasteiger partial charge in [0.05, 0.1) is 0 Å². The van der Waals surface area contributed by atoms with Gasteiger partial charge < -0.3 is 14.9 Å². The molecule has 1 aromatic rings. The predicted octanol–water partition coefficient (Wildman–Crippen LogP) is 0.541. The van der Waals surface area contributed by atoms with E-state index < -0.39 is 5.97 Å². The van der Waals surface area contributed by atoms with Crippen LogP contribution >= 0.6 is 0 Å². The number of hydrogen-bond acceptors (Lipinski definition) is 5. The molecule has 1 aromatic heterocycles. The van der Waals surface area contributed by atoms with Crippen LogP contribution in [0.5, 0.6) is 0 Å². The second-order valence-electron chi connectivity index (χ2n) is 3.49. The molecule has 0 atom stereocenters. The topological polar surface area (TPSA) is 88.2 Å². The van der Waals surface area contributed by atoms with Gasteiger partial charge in [0.1, 0.15) is 0 Å². The van der Waals surface area contributed by atoms with Gasteiger partial charge in [0.15, 0.2) is 5.82 Å². The summed E-state index contributed by atoms with van der Waals surface area (Å²) in [6.07, 6.45) is 1.85. The van der Waals surface area contributed by atoms with Gasteiger partial charge in [-0.1, -0.05) is 10.7 Å². The molecule has 0 aliphatic heterocycles. The minimum atomic E-state index is -0.923. The van der Waals surface area contributed by atoms with Crippen LogP contribution in [0.25, 0.3) is 0 Å². The van der Waals surface area contributed by atoms with E-state index in [0.717, 1.165) is 5.57 Å². The average molecular weight is 225 g/mol. The van der Waals surface area contributed by atoms with Gasteiger partial charge in [0, 0.05) is 32.5 Å². The summed E-state index contributed by atoms with van der Waals surface area (Å²) in [4.78, 5) is 14.4. The summed E-state index contributed by atoms with van der Waals surface area (Å²) in [6, 6.07) is 0. The molecule has 0 spiro atoms. The highest BCUT2D eigenvalue weighted by Gasteiger charge is 2.01. The number of nitrogens with zero attached hydrogens (tertiary/aromatic N) is 2. The molecule has 6 nitrogen and oxygen atoms in total. The molecular weight excluding hydrogens is 210 g/mol. The number of aryl methyl sites for hydroxylation is 1. The van der Waals surface area contributed by atoms with Gasteiger partial charge in [-0.05, 0) is 6.92 Å². The molecule has 0 fully saturated rings. The van der Waals surface area contributed by atoms with E-state index in [1.54, 1.807) is 13.8 Å². The highest BCUT2D eigenvalue weighted by Crippen LogP contribution is 1.95. The fraction of sp³-hybridized carbons (Fsp3) is 0.500. The van der Waals surface area contributed by atoms with Gasteiger partial charge in [-0.15, -0.1) is 0 Å². The lowest BCUT2D eigenvalue weighted by molar-refractivity contribution is -0.131. The number of aliphatic carboxylic acids is 1. The van der Waals surface area contributed by atoms with Crippen molar-refractivity contribution >= 4 is 5.97 Å². The van der Waals surface area contributed by atoms with Crippen molar-refractivity contribution in [2.75, 3.05) is 13.1 Å². The highest BCUT2D eigenvalue weighted by atomic mass is 16.5. The van der Waals surface area contributed by atoms with E-state index in [1.807, 2.05) is 0 Å². The van der Waals surface area contributed by atoms with Crippen LogP contribution in [0, 0.1) is 6.92 Å². The Bertz CT molecular complexity index is 384. The SMILES string of the molecule is CC(=CC(=O)O)CNCCc1noc(C)n1. The first-order valence-electron chi connectivity index (χ1n) is 4.98. The predicted molar refractivity (Wildman–Crippen MR) is 57.0 cm³/mol. The monoisotopic (exact) mass is 225 g/mol. The second kappa shape index (κ2) is 6.02. The van der Waals surface area contributed by atoms with Crippen LogP contribution in [-0.2, 0) is 11.2 Å². The molecular formula is C10H15N3O3. The lowest BCUT2D eigenvalue weighted by Gasteiger charge is -2.01. The standard InChI is InChI=1S/C10H15N3O3/c1-7(5-10(14)15)6-11-4-3-9-12-8(2)16-13-9/h5,11H,3-4,6H2,1-2H3,(H,14,15). The average Bonchev–Trinajstić information content (AvgIpc) is 2.58. The second-order valence-corrected chi connectivity index (χ2v) is 3.49. The van der Waals surface area contributed by atoms with Gasteiger partial charge in [-0.25, -0.2) is 4.79 Å². The van der Waals surface area contributed by atoms with E-state index in [4.69, 9.17) is 9.63 Å². The van der Waals surface area contributed by atoms with Crippen LogP contribution in [0.4, 0.5) is 0 Å². The van der Waals surface area contributed by atoms with Gasteiger partial charge in [-0.2, -0.15) is 4.98 Å². The van der Waals surface area contributed by atoms with Crippen LogP contribution in [0.2, 0.25) is 0 Å². The van der Waals surface area contributed by atoms with Crippen LogP contribution < -0.4 is 5.32 Å². The van der Waals surface area contributed by atoms with Gasteiger partial charge in [0.2, 0.25) is 5.89 Å². The summed E-state index contributed by atoms with van der Waals surface area (Å²) in [7, 11) is 0. The number of carboxylic acids is 1. The minimum absolute atomic E-state index is 0.545. The normalized spacial score (nSPS) is 11.8. The Morgan fingerprint density at radius 3 is 2.94 bits per heavy atom. The van der Waals surface area contributed by atoms with E-state index in [2.05, 4.69) is 15.5 Å². The van der Waals surface area contributed by atoms with Crippen molar-refractivity contribution in [2.45, 2.75) is 20.3 Å². The third-order valence-corrected chi connectivity index (χ3v) is 1.87. The van der Waals surface area contributed by atoms with E-state index in [0.29, 0.717) is 31.2 Å². The molecule has 0 aromatic carbocycles. The largest absolute Gasteiger partial charge is 0.478 e. The Labute approximate surface area is 93.4 Å². The molecule has 0 bridgehead atoms. The summed E-state index contributed by atoms with van der Waals surface area (Å²) in [5.41, 5.74) is 0.775. The lowest BCUT2D eigenvalue weighted by atomic mass is 10.3. The zero-order valence-corrected chi connectivity index (χ0v) is 9.36. The molecule has 16 heavy (non-hydrogen) atoms. The first kappa shape index (κ1) is 12.4. The molecule has 0 aliphatic carbocycles. The highest BCUT2D eigenvalue weighted by molar-refractivity contribution is 5.80. The van der Waals surface area contributed by atoms with Crippen molar-refractivity contribution < 1.29 is 14.4 Å². The molecule has 0 saturated carbocycles. The number of nitrogens with one attached hydrogen (secondary N) is 1. The summed E-state index contributed by atoms with van der Waals surface area (Å²) in [5.74, 6) is 0.287. The summed E-state index contributed by atoms with van der Waals surface area (Å²) < 4.78 is 4.82. The van der Waals surface area contributed by atoms with Crippen molar-refractivity contribution in [1.82, 2.24) is 15.5 Å². The molecule has 2 N–H and O–H groups in total. The maximum atomic E-state index is 10.3. The van der Waals surface area contributed by atoms with Gasteiger partial charge in [0.25, 0.3) is 0 Å². The van der Waals surface area contributed by atoms with Crippen LogP contribution in [0.3, 0.4) is 0 Å². The Morgan fingerprint density at radius 1 is 1.62 bits per heavy atom. The number of rotatable bonds is 6. The first-order chi connectivity index (χ1) is 7.58. The Kier molecular flexibility index (Phi) is 4.65. The zero-order chi connectivity index (χ0) is 12.0. The van der Waals surface area contributed by atoms with Crippen molar-refractivity contribution in [3.05, 3.63) is 23.4 Å². The molecule has 0 radical (unpaired) electrons. The lowest BCUT2D eigenvalue weighted by Crippen LogP contribution is -2.20. The molecule has 6 heteroatoms. The van der Waals surface area contributed by atoms with Crippen LogP contribution in [-0.4, -0.2) is 34.3 Å². The summed E-state index contributed by atoms with van der Waals surface area (Å²) in [6.45, 7) is 4.73. The van der Waals surface area contributed by atoms with Crippen LogP contribution in [0.15, 0.2) is 16.2 Å². The van der Waals surface area contributed by atoms with E-state index in [9.17, 15) is 4.79 Å². The quantitative estimate of drug-likeness (QED) is 0.542. The summed E-state index contributed by atoms with van der Waals surface area (Å²) in [5, 5.41) is 15.3. The number of carbonyl (C=O) groups is 1. The van der Waals surface area contributed by atoms with E-state index >= 15 is 0 Å². The van der Waals surface area contributed by atoms with Crippen molar-refractivity contribution in [1.29, 1.82) is 0 Å². The van der Waals surface area contributed by atoms with Crippen molar-refractivity contribution in [3.8, 4) is 0 Å². The van der Waals surface area contributed by atoms with Gasteiger partial charge >= 0.3 is 5.97 Å². The molecule has 0 aliphatic rings. The molecule has 1 rings (SSSR count). The maximum Gasteiger partial charge on any atom is 0.328 e. The fourth-order valence-electron chi connectivity index (χ4n) is 1.19. The van der Waals surface area contributed by atoms with Crippen molar-refractivity contribution in [2.24, 2.45) is 0 Å².